The van der Waals surface area contributed by atoms with E-state index in [9.17, 15) is 4.79 Å². The summed E-state index contributed by atoms with van der Waals surface area (Å²) < 4.78 is 0. The van der Waals surface area contributed by atoms with E-state index in [1.807, 2.05) is 55.4 Å². The van der Waals surface area contributed by atoms with E-state index in [2.05, 4.69) is 10.3 Å². The van der Waals surface area contributed by atoms with Crippen LogP contribution in [0.5, 0.6) is 0 Å². The van der Waals surface area contributed by atoms with Crippen molar-refractivity contribution in [3.63, 3.8) is 0 Å². The van der Waals surface area contributed by atoms with Gasteiger partial charge in [0.1, 0.15) is 10.7 Å². The lowest BCUT2D eigenvalue weighted by Gasteiger charge is -2.22. The standard InChI is InChI=1S/C18H19Cl2N3O/c1-23(2)17(13-9-5-3-6-10-13)21-16(15(19)20)22-18(24)14-11-7-4-8-12-14/h3-12,15-16H,1-2H3,(H,22,24). The molecule has 0 aliphatic heterocycles. The fraction of sp³-hybridized carbons (Fsp3) is 0.222. The number of alkyl halides is 2. The second-order valence-corrected chi connectivity index (χ2v) is 6.50. The van der Waals surface area contributed by atoms with Gasteiger partial charge < -0.3 is 10.2 Å². The molecule has 6 heteroatoms. The second kappa shape index (κ2) is 8.71. The average Bonchev–Trinajstić information content (AvgIpc) is 2.59. The van der Waals surface area contributed by atoms with Crippen LogP contribution in [0, 0.1) is 0 Å². The van der Waals surface area contributed by atoms with Gasteiger partial charge in [-0.1, -0.05) is 48.5 Å². The Bertz CT molecular complexity index is 688. The maximum atomic E-state index is 12.3. The minimum absolute atomic E-state index is 0.276. The maximum absolute atomic E-state index is 12.3. The molecule has 0 spiro atoms. The van der Waals surface area contributed by atoms with Gasteiger partial charge in [0.15, 0.2) is 6.17 Å². The minimum atomic E-state index is -0.878. The molecule has 2 rings (SSSR count). The highest BCUT2D eigenvalue weighted by Crippen LogP contribution is 2.13. The van der Waals surface area contributed by atoms with Gasteiger partial charge in [-0.05, 0) is 12.1 Å². The van der Waals surface area contributed by atoms with Crippen molar-refractivity contribution in [2.45, 2.75) is 11.0 Å². The molecule has 1 amide bonds. The number of aliphatic imine (C=N–C) groups is 1. The van der Waals surface area contributed by atoms with Gasteiger partial charge in [-0.15, -0.1) is 23.2 Å². The van der Waals surface area contributed by atoms with Gasteiger partial charge in [0.05, 0.1) is 0 Å². The Kier molecular flexibility index (Phi) is 6.64. The first-order chi connectivity index (χ1) is 11.5. The van der Waals surface area contributed by atoms with E-state index in [0.29, 0.717) is 11.4 Å². The van der Waals surface area contributed by atoms with E-state index in [-0.39, 0.29) is 5.91 Å². The van der Waals surface area contributed by atoms with E-state index in [1.54, 1.807) is 24.3 Å². The van der Waals surface area contributed by atoms with Crippen molar-refractivity contribution >= 4 is 34.9 Å². The highest BCUT2D eigenvalue weighted by atomic mass is 35.5. The summed E-state index contributed by atoms with van der Waals surface area (Å²) in [6.07, 6.45) is -0.765. The molecular formula is C18H19Cl2N3O. The molecule has 2 aromatic rings. The van der Waals surface area contributed by atoms with Crippen molar-refractivity contribution < 1.29 is 4.79 Å². The summed E-state index contributed by atoms with van der Waals surface area (Å²) in [5.74, 6) is 0.405. The maximum Gasteiger partial charge on any atom is 0.252 e. The fourth-order valence-corrected chi connectivity index (χ4v) is 2.36. The average molecular weight is 364 g/mol. The SMILES string of the molecule is CN(C)C(=NC(NC(=O)c1ccccc1)C(Cl)Cl)c1ccccc1. The van der Waals surface area contributed by atoms with Gasteiger partial charge in [0.2, 0.25) is 0 Å². The number of halogens is 2. The van der Waals surface area contributed by atoms with Gasteiger partial charge in [-0.2, -0.15) is 0 Å². The van der Waals surface area contributed by atoms with Crippen molar-refractivity contribution in [1.82, 2.24) is 10.2 Å². The van der Waals surface area contributed by atoms with Crippen LogP contribution in [0.2, 0.25) is 0 Å². The molecule has 0 radical (unpaired) electrons. The Morgan fingerprint density at radius 1 is 0.958 bits per heavy atom. The molecule has 0 heterocycles. The van der Waals surface area contributed by atoms with Crippen molar-refractivity contribution in [2.24, 2.45) is 4.99 Å². The van der Waals surface area contributed by atoms with Crippen molar-refractivity contribution in [3.8, 4) is 0 Å². The molecule has 0 aliphatic carbocycles. The Labute approximate surface area is 152 Å². The largest absolute Gasteiger partial charge is 0.362 e. The summed E-state index contributed by atoms with van der Waals surface area (Å²) >= 11 is 12.1. The van der Waals surface area contributed by atoms with E-state index in [1.165, 1.54) is 0 Å². The third kappa shape index (κ3) is 4.98. The Morgan fingerprint density at radius 2 is 1.46 bits per heavy atom. The number of amides is 1. The van der Waals surface area contributed by atoms with Gasteiger partial charge in [-0.3, -0.25) is 4.79 Å². The number of carbonyl (C=O) groups excluding carboxylic acids is 1. The van der Waals surface area contributed by atoms with Gasteiger partial charge >= 0.3 is 0 Å². The predicted molar refractivity (Wildman–Crippen MR) is 99.9 cm³/mol. The number of hydrogen-bond acceptors (Lipinski definition) is 2. The quantitative estimate of drug-likeness (QED) is 0.501. The van der Waals surface area contributed by atoms with Gasteiger partial charge in [-0.25, -0.2) is 4.99 Å². The normalized spacial score (nSPS) is 12.8. The third-order valence-electron chi connectivity index (χ3n) is 3.27. The highest BCUT2D eigenvalue weighted by Gasteiger charge is 2.21. The van der Waals surface area contributed by atoms with Crippen LogP contribution in [0.15, 0.2) is 65.7 Å². The molecule has 126 valence electrons. The first kappa shape index (κ1) is 18.3. The van der Waals surface area contributed by atoms with Crippen LogP contribution < -0.4 is 5.32 Å². The summed E-state index contributed by atoms with van der Waals surface area (Å²) in [7, 11) is 3.75. The molecule has 24 heavy (non-hydrogen) atoms. The first-order valence-corrected chi connectivity index (χ1v) is 8.31. The predicted octanol–water partition coefficient (Wildman–Crippen LogP) is 3.55. The molecule has 0 saturated carbocycles. The molecular weight excluding hydrogens is 345 g/mol. The molecule has 1 unspecified atom stereocenters. The van der Waals surface area contributed by atoms with E-state index < -0.39 is 11.0 Å². The monoisotopic (exact) mass is 363 g/mol. The topological polar surface area (TPSA) is 44.7 Å². The Hall–Kier alpha value is -2.04. The minimum Gasteiger partial charge on any atom is -0.362 e. The second-order valence-electron chi connectivity index (χ2n) is 5.33. The molecule has 2 aromatic carbocycles. The van der Waals surface area contributed by atoms with Crippen molar-refractivity contribution in [1.29, 1.82) is 0 Å². The van der Waals surface area contributed by atoms with Crippen LogP contribution in [0.4, 0.5) is 0 Å². The van der Waals surface area contributed by atoms with Crippen LogP contribution >= 0.6 is 23.2 Å². The third-order valence-corrected chi connectivity index (χ3v) is 3.75. The van der Waals surface area contributed by atoms with Crippen LogP contribution in [0.3, 0.4) is 0 Å². The summed E-state index contributed by atoms with van der Waals surface area (Å²) in [5, 5.41) is 2.77. The lowest BCUT2D eigenvalue weighted by molar-refractivity contribution is 0.0940. The fourth-order valence-electron chi connectivity index (χ4n) is 2.13. The zero-order valence-corrected chi connectivity index (χ0v) is 15.0. The number of hydrogen-bond donors (Lipinski definition) is 1. The number of nitrogens with zero attached hydrogens (tertiary/aromatic N) is 2. The smallest absolute Gasteiger partial charge is 0.252 e. The molecule has 0 aliphatic rings. The molecule has 0 bridgehead atoms. The van der Waals surface area contributed by atoms with Crippen LogP contribution in [-0.2, 0) is 0 Å². The summed E-state index contributed by atoms with van der Waals surface area (Å²) in [5.41, 5.74) is 1.44. The molecule has 0 fully saturated rings. The molecule has 1 atom stereocenters. The van der Waals surface area contributed by atoms with E-state index in [4.69, 9.17) is 23.2 Å². The van der Waals surface area contributed by atoms with E-state index >= 15 is 0 Å². The van der Waals surface area contributed by atoms with Gasteiger partial charge in [0, 0.05) is 25.2 Å². The highest BCUT2D eigenvalue weighted by molar-refractivity contribution is 6.45. The number of rotatable bonds is 5. The van der Waals surface area contributed by atoms with Crippen LogP contribution in [0.1, 0.15) is 15.9 Å². The summed E-state index contributed by atoms with van der Waals surface area (Å²) in [6.45, 7) is 0. The lowest BCUT2D eigenvalue weighted by atomic mass is 10.2. The summed E-state index contributed by atoms with van der Waals surface area (Å²) in [4.78, 5) is 17.9. The lowest BCUT2D eigenvalue weighted by Crippen LogP contribution is -2.40. The number of benzene rings is 2. The Morgan fingerprint density at radius 3 is 1.92 bits per heavy atom. The van der Waals surface area contributed by atoms with Crippen molar-refractivity contribution in [3.05, 3.63) is 71.8 Å². The van der Waals surface area contributed by atoms with Gasteiger partial charge in [0.25, 0.3) is 5.91 Å². The first-order valence-electron chi connectivity index (χ1n) is 7.43. The summed E-state index contributed by atoms with van der Waals surface area (Å²) in [6, 6.07) is 18.5. The van der Waals surface area contributed by atoms with E-state index in [0.717, 1.165) is 5.56 Å². The molecule has 1 N–H and O–H groups in total. The molecule has 4 nitrogen and oxygen atoms in total. The zero-order valence-electron chi connectivity index (χ0n) is 13.5. The van der Waals surface area contributed by atoms with Crippen molar-refractivity contribution in [2.75, 3.05) is 14.1 Å². The van der Waals surface area contributed by atoms with Crippen LogP contribution in [-0.4, -0.2) is 41.7 Å². The van der Waals surface area contributed by atoms with Crippen LogP contribution in [0.25, 0.3) is 0 Å². The number of nitrogens with one attached hydrogen (secondary N) is 1. The number of amidine groups is 1. The molecule has 0 aromatic heterocycles. The number of carbonyl (C=O) groups is 1. The zero-order chi connectivity index (χ0) is 17.5. The Balaban J connectivity index is 2.27. The molecule has 0 saturated heterocycles.